The van der Waals surface area contributed by atoms with Crippen LogP contribution in [0.15, 0.2) is 54.7 Å². The van der Waals surface area contributed by atoms with Gasteiger partial charge >= 0.3 is 0 Å². The van der Waals surface area contributed by atoms with Crippen LogP contribution in [0.2, 0.25) is 0 Å². The second-order valence-electron chi connectivity index (χ2n) is 4.92. The molecule has 1 aromatic heterocycles. The SMILES string of the molecule is O=C(NCCCc1ccccn1)[C@@H](O)Cc1ccccc1. The van der Waals surface area contributed by atoms with Crippen molar-refractivity contribution in [1.82, 2.24) is 10.3 Å². The van der Waals surface area contributed by atoms with Crippen molar-refractivity contribution in [2.45, 2.75) is 25.4 Å². The van der Waals surface area contributed by atoms with Crippen LogP contribution in [0.1, 0.15) is 17.7 Å². The summed E-state index contributed by atoms with van der Waals surface area (Å²) >= 11 is 0. The third-order valence-corrected chi connectivity index (χ3v) is 3.21. The minimum absolute atomic E-state index is 0.320. The largest absolute Gasteiger partial charge is 0.383 e. The lowest BCUT2D eigenvalue weighted by Gasteiger charge is -2.11. The Morgan fingerprint density at radius 1 is 1.14 bits per heavy atom. The minimum atomic E-state index is -0.998. The maximum atomic E-state index is 11.8. The summed E-state index contributed by atoms with van der Waals surface area (Å²) in [6, 6.07) is 15.3. The summed E-state index contributed by atoms with van der Waals surface area (Å²) in [5.74, 6) is -0.320. The van der Waals surface area contributed by atoms with Crippen LogP contribution < -0.4 is 5.32 Å². The Labute approximate surface area is 124 Å². The lowest BCUT2D eigenvalue weighted by atomic mass is 10.1. The van der Waals surface area contributed by atoms with E-state index in [0.29, 0.717) is 13.0 Å². The number of nitrogens with one attached hydrogen (secondary N) is 1. The number of hydrogen-bond donors (Lipinski definition) is 2. The van der Waals surface area contributed by atoms with Crippen molar-refractivity contribution >= 4 is 5.91 Å². The average Bonchev–Trinajstić information content (AvgIpc) is 2.53. The predicted molar refractivity (Wildman–Crippen MR) is 81.7 cm³/mol. The van der Waals surface area contributed by atoms with Gasteiger partial charge in [0, 0.05) is 24.9 Å². The third kappa shape index (κ3) is 5.36. The highest BCUT2D eigenvalue weighted by Crippen LogP contribution is 2.03. The molecule has 0 radical (unpaired) electrons. The normalized spacial score (nSPS) is 11.9. The smallest absolute Gasteiger partial charge is 0.249 e. The minimum Gasteiger partial charge on any atom is -0.383 e. The molecular formula is C17H20N2O2. The fraction of sp³-hybridized carbons (Fsp3) is 0.294. The Bertz CT molecular complexity index is 543. The molecule has 0 saturated heterocycles. The topological polar surface area (TPSA) is 62.2 Å². The first kappa shape index (κ1) is 15.2. The highest BCUT2D eigenvalue weighted by molar-refractivity contribution is 5.80. The lowest BCUT2D eigenvalue weighted by Crippen LogP contribution is -2.36. The molecule has 1 aromatic carbocycles. The molecule has 0 aliphatic carbocycles. The fourth-order valence-electron chi connectivity index (χ4n) is 2.07. The molecule has 4 heteroatoms. The number of aliphatic hydroxyl groups excluding tert-OH is 1. The average molecular weight is 284 g/mol. The Hall–Kier alpha value is -2.20. The van der Waals surface area contributed by atoms with Gasteiger partial charge in [0.1, 0.15) is 6.10 Å². The predicted octanol–water partition coefficient (Wildman–Crippen LogP) is 1.73. The fourth-order valence-corrected chi connectivity index (χ4v) is 2.07. The Kier molecular flexibility index (Phi) is 5.91. The number of aryl methyl sites for hydroxylation is 1. The molecule has 0 aliphatic rings. The van der Waals surface area contributed by atoms with Crippen molar-refractivity contribution < 1.29 is 9.90 Å². The second-order valence-corrected chi connectivity index (χ2v) is 4.92. The van der Waals surface area contributed by atoms with Crippen molar-refractivity contribution in [3.8, 4) is 0 Å². The van der Waals surface area contributed by atoms with E-state index in [1.807, 2.05) is 48.5 Å². The number of carbonyl (C=O) groups excluding carboxylic acids is 1. The molecule has 0 unspecified atom stereocenters. The monoisotopic (exact) mass is 284 g/mol. The van der Waals surface area contributed by atoms with Crippen molar-refractivity contribution in [3.05, 3.63) is 66.0 Å². The highest BCUT2D eigenvalue weighted by atomic mass is 16.3. The van der Waals surface area contributed by atoms with Gasteiger partial charge < -0.3 is 10.4 Å². The molecule has 0 bridgehead atoms. The summed E-state index contributed by atoms with van der Waals surface area (Å²) < 4.78 is 0. The second kappa shape index (κ2) is 8.17. The van der Waals surface area contributed by atoms with Crippen LogP contribution in [-0.4, -0.2) is 28.6 Å². The van der Waals surface area contributed by atoms with Gasteiger partial charge in [-0.25, -0.2) is 0 Å². The quantitative estimate of drug-likeness (QED) is 0.761. The van der Waals surface area contributed by atoms with Gasteiger partial charge in [-0.1, -0.05) is 36.4 Å². The van der Waals surface area contributed by atoms with Gasteiger partial charge in [-0.2, -0.15) is 0 Å². The lowest BCUT2D eigenvalue weighted by molar-refractivity contribution is -0.129. The number of pyridine rings is 1. The molecule has 0 spiro atoms. The molecule has 4 nitrogen and oxygen atoms in total. The van der Waals surface area contributed by atoms with E-state index in [4.69, 9.17) is 0 Å². The van der Waals surface area contributed by atoms with Crippen molar-refractivity contribution in [3.63, 3.8) is 0 Å². The van der Waals surface area contributed by atoms with Gasteiger partial charge in [0.05, 0.1) is 0 Å². The van der Waals surface area contributed by atoms with E-state index in [1.165, 1.54) is 0 Å². The molecule has 0 fully saturated rings. The van der Waals surface area contributed by atoms with Crippen LogP contribution in [0.25, 0.3) is 0 Å². The van der Waals surface area contributed by atoms with Crippen LogP contribution in [0.4, 0.5) is 0 Å². The van der Waals surface area contributed by atoms with E-state index in [9.17, 15) is 9.90 Å². The first-order valence-electron chi connectivity index (χ1n) is 7.15. The first-order valence-corrected chi connectivity index (χ1v) is 7.15. The molecular weight excluding hydrogens is 264 g/mol. The zero-order valence-electron chi connectivity index (χ0n) is 11.9. The first-order chi connectivity index (χ1) is 10.3. The molecule has 2 rings (SSSR count). The standard InChI is InChI=1S/C17H20N2O2/c20-16(13-14-7-2-1-3-8-14)17(21)19-12-6-10-15-9-4-5-11-18-15/h1-5,7-9,11,16,20H,6,10,12-13H2,(H,19,21)/t16-/m0/s1. The van der Waals surface area contributed by atoms with Gasteiger partial charge in [-0.15, -0.1) is 0 Å². The Morgan fingerprint density at radius 2 is 1.90 bits per heavy atom. The number of aliphatic hydroxyl groups is 1. The van der Waals surface area contributed by atoms with Crippen LogP contribution in [0.5, 0.6) is 0 Å². The molecule has 21 heavy (non-hydrogen) atoms. The molecule has 1 atom stereocenters. The van der Waals surface area contributed by atoms with E-state index < -0.39 is 6.10 Å². The van der Waals surface area contributed by atoms with Crippen molar-refractivity contribution in [2.24, 2.45) is 0 Å². The van der Waals surface area contributed by atoms with Gasteiger partial charge in [-0.05, 0) is 30.5 Å². The van der Waals surface area contributed by atoms with E-state index in [1.54, 1.807) is 6.20 Å². The van der Waals surface area contributed by atoms with Crippen LogP contribution in [-0.2, 0) is 17.6 Å². The van der Waals surface area contributed by atoms with Crippen LogP contribution >= 0.6 is 0 Å². The number of nitrogens with zero attached hydrogens (tertiary/aromatic N) is 1. The van der Waals surface area contributed by atoms with Gasteiger partial charge in [-0.3, -0.25) is 9.78 Å². The van der Waals surface area contributed by atoms with E-state index in [0.717, 1.165) is 24.1 Å². The summed E-state index contributed by atoms with van der Waals surface area (Å²) in [4.78, 5) is 16.0. The molecule has 1 heterocycles. The number of hydrogen-bond acceptors (Lipinski definition) is 3. The number of benzene rings is 1. The Balaban J connectivity index is 1.67. The maximum absolute atomic E-state index is 11.8. The number of carbonyl (C=O) groups is 1. The molecule has 110 valence electrons. The molecule has 0 saturated carbocycles. The summed E-state index contributed by atoms with van der Waals surface area (Å²) in [6.45, 7) is 0.543. The van der Waals surface area contributed by atoms with Crippen LogP contribution in [0.3, 0.4) is 0 Å². The molecule has 2 aromatic rings. The number of aromatic nitrogens is 1. The number of amides is 1. The van der Waals surface area contributed by atoms with E-state index in [2.05, 4.69) is 10.3 Å². The Morgan fingerprint density at radius 3 is 2.62 bits per heavy atom. The van der Waals surface area contributed by atoms with Gasteiger partial charge in [0.25, 0.3) is 0 Å². The summed E-state index contributed by atoms with van der Waals surface area (Å²) in [5.41, 5.74) is 1.96. The molecule has 0 aliphatic heterocycles. The third-order valence-electron chi connectivity index (χ3n) is 3.21. The van der Waals surface area contributed by atoms with Crippen molar-refractivity contribution in [2.75, 3.05) is 6.54 Å². The summed E-state index contributed by atoms with van der Waals surface area (Å²) in [6.07, 6.45) is 2.73. The van der Waals surface area contributed by atoms with E-state index in [-0.39, 0.29) is 5.91 Å². The van der Waals surface area contributed by atoms with Crippen molar-refractivity contribution in [1.29, 1.82) is 0 Å². The van der Waals surface area contributed by atoms with Gasteiger partial charge in [0.2, 0.25) is 5.91 Å². The zero-order chi connectivity index (χ0) is 14.9. The van der Waals surface area contributed by atoms with Gasteiger partial charge in [0.15, 0.2) is 0 Å². The highest BCUT2D eigenvalue weighted by Gasteiger charge is 2.14. The summed E-state index contributed by atoms with van der Waals surface area (Å²) in [7, 11) is 0. The zero-order valence-corrected chi connectivity index (χ0v) is 11.9. The summed E-state index contributed by atoms with van der Waals surface area (Å²) in [5, 5.41) is 12.6. The van der Waals surface area contributed by atoms with Crippen LogP contribution in [0, 0.1) is 0 Å². The number of rotatable bonds is 7. The molecule has 2 N–H and O–H groups in total. The molecule has 1 amide bonds. The maximum Gasteiger partial charge on any atom is 0.249 e. The van der Waals surface area contributed by atoms with E-state index >= 15 is 0 Å².